The van der Waals surface area contributed by atoms with Crippen LogP contribution >= 0.6 is 0 Å². The van der Waals surface area contributed by atoms with E-state index in [1.165, 1.54) is 170 Å². The molecule has 0 radical (unpaired) electrons. The van der Waals surface area contributed by atoms with Crippen molar-refractivity contribution in [3.05, 3.63) is 188 Å². The Morgan fingerprint density at radius 2 is 0.692 bits per heavy atom. The van der Waals surface area contributed by atoms with E-state index in [1.54, 1.807) is 0 Å². The molecule has 14 aromatic carbocycles. The first-order chi connectivity index (χ1) is 32.3. The standard InChI is InChI=1S/C62H31BN2/c1-4-16-41-36(9-1)27-46-61-55(41)44-25-23-34-21-19-32-12-7-14-39-30-48(57(44)53(34)51(32)39)64(61)50-29-38-11-3-6-18-43(38)60-59(50)63(46)47-28-37-10-2-5-17-42(37)56-45-26-24-35-22-20-33-13-8-15-40-31-49(65(60)62(47)56)58(45)54(35)52(33)40/h1-31H. The van der Waals surface area contributed by atoms with Gasteiger partial charge in [0.2, 0.25) is 0 Å². The average molecular weight is 815 g/mol. The summed E-state index contributed by atoms with van der Waals surface area (Å²) in [6, 6.07) is 72.8. The lowest BCUT2D eigenvalue weighted by Crippen LogP contribution is -2.62. The van der Waals surface area contributed by atoms with E-state index in [0.717, 1.165) is 0 Å². The van der Waals surface area contributed by atoms with Gasteiger partial charge in [-0.1, -0.05) is 170 Å². The molecule has 4 heterocycles. The van der Waals surface area contributed by atoms with Crippen LogP contribution in [0.1, 0.15) is 0 Å². The zero-order valence-electron chi connectivity index (χ0n) is 34.9. The molecular formula is C62H31BN2. The van der Waals surface area contributed by atoms with Gasteiger partial charge in [0.1, 0.15) is 0 Å². The van der Waals surface area contributed by atoms with Crippen LogP contribution in [0.2, 0.25) is 0 Å². The third-order valence-electron chi connectivity index (χ3n) is 16.2. The molecule has 0 spiro atoms. The molecule has 0 bridgehead atoms. The quantitative estimate of drug-likeness (QED) is 0.111. The van der Waals surface area contributed by atoms with E-state index in [2.05, 4.69) is 198 Å². The number of anilines is 6. The van der Waals surface area contributed by atoms with E-state index in [4.69, 9.17) is 0 Å². The van der Waals surface area contributed by atoms with Crippen LogP contribution in [0, 0.1) is 0 Å². The van der Waals surface area contributed by atoms with E-state index in [0.29, 0.717) is 0 Å². The minimum atomic E-state index is -0.0239. The molecule has 0 amide bonds. The van der Waals surface area contributed by atoms with Crippen LogP contribution < -0.4 is 26.2 Å². The van der Waals surface area contributed by atoms with Crippen LogP contribution in [0.15, 0.2) is 188 Å². The van der Waals surface area contributed by atoms with E-state index in [9.17, 15) is 0 Å². The summed E-state index contributed by atoms with van der Waals surface area (Å²) < 4.78 is 0. The average Bonchev–Trinajstić information content (AvgIpc) is 3.36. The summed E-state index contributed by atoms with van der Waals surface area (Å²) in [5.74, 6) is 0. The van der Waals surface area contributed by atoms with Crippen LogP contribution in [0.5, 0.6) is 0 Å². The van der Waals surface area contributed by atoms with Crippen LogP contribution in [-0.4, -0.2) is 6.71 Å². The van der Waals surface area contributed by atoms with Crippen LogP contribution in [0.3, 0.4) is 0 Å². The van der Waals surface area contributed by atoms with Crippen molar-refractivity contribution in [2.75, 3.05) is 9.80 Å². The van der Waals surface area contributed by atoms with Crippen LogP contribution in [0.4, 0.5) is 34.1 Å². The normalized spacial score (nSPS) is 14.1. The first-order valence-electron chi connectivity index (χ1n) is 23.0. The largest absolute Gasteiger partial charge is 0.310 e. The van der Waals surface area contributed by atoms with Gasteiger partial charge in [-0.25, -0.2) is 0 Å². The van der Waals surface area contributed by atoms with E-state index < -0.39 is 0 Å². The molecule has 0 aromatic heterocycles. The maximum Gasteiger partial charge on any atom is 0.252 e. The Morgan fingerprint density at radius 1 is 0.277 bits per heavy atom. The second-order valence-corrected chi connectivity index (χ2v) is 19.1. The first-order valence-corrected chi connectivity index (χ1v) is 23.0. The molecule has 0 saturated heterocycles. The van der Waals surface area contributed by atoms with Gasteiger partial charge in [0, 0.05) is 55.1 Å². The highest BCUT2D eigenvalue weighted by Crippen LogP contribution is 2.61. The van der Waals surface area contributed by atoms with Crippen molar-refractivity contribution < 1.29 is 0 Å². The molecule has 65 heavy (non-hydrogen) atoms. The van der Waals surface area contributed by atoms with Crippen molar-refractivity contribution in [2.45, 2.75) is 0 Å². The number of fused-ring (bicyclic) bond motifs is 14. The monoisotopic (exact) mass is 814 g/mol. The zero-order valence-corrected chi connectivity index (χ0v) is 34.9. The van der Waals surface area contributed by atoms with Crippen molar-refractivity contribution in [1.82, 2.24) is 0 Å². The SMILES string of the molecule is c1ccc2c3c4c(cc2c1)B1c2cc5ccccc5c5c2N(c2c1c(cc1ccccc21)N4c1cc2cccc4ccc6ccc-3c1c6c42)c1cc2cccc3ccc4ccc-5c1c4c32. The number of hydrogen-bond acceptors (Lipinski definition) is 2. The van der Waals surface area contributed by atoms with Crippen molar-refractivity contribution in [2.24, 2.45) is 0 Å². The summed E-state index contributed by atoms with van der Waals surface area (Å²) in [7, 11) is 0. The number of nitrogens with zero attached hydrogens (tertiary/aromatic N) is 2. The topological polar surface area (TPSA) is 6.48 Å². The van der Waals surface area contributed by atoms with E-state index >= 15 is 0 Å². The fraction of sp³-hybridized carbons (Fsp3) is 0. The summed E-state index contributed by atoms with van der Waals surface area (Å²) in [4.78, 5) is 5.45. The summed E-state index contributed by atoms with van der Waals surface area (Å²) in [6.07, 6.45) is 0. The number of hydrogen-bond donors (Lipinski definition) is 0. The van der Waals surface area contributed by atoms with Gasteiger partial charge in [0.25, 0.3) is 6.71 Å². The summed E-state index contributed by atoms with van der Waals surface area (Å²) in [6.45, 7) is -0.0239. The zero-order chi connectivity index (χ0) is 41.6. The predicted molar refractivity (Wildman–Crippen MR) is 278 cm³/mol. The van der Waals surface area contributed by atoms with Crippen molar-refractivity contribution in [1.29, 1.82) is 0 Å². The second-order valence-electron chi connectivity index (χ2n) is 19.1. The van der Waals surface area contributed by atoms with Crippen LogP contribution in [0.25, 0.3) is 119 Å². The van der Waals surface area contributed by atoms with Crippen molar-refractivity contribution in [3.63, 3.8) is 0 Å². The van der Waals surface area contributed by atoms with Gasteiger partial charge < -0.3 is 9.80 Å². The summed E-state index contributed by atoms with van der Waals surface area (Å²) >= 11 is 0. The molecule has 2 nitrogen and oxygen atoms in total. The molecule has 4 aliphatic heterocycles. The lowest BCUT2D eigenvalue weighted by Gasteiger charge is -2.49. The molecule has 4 aliphatic rings. The summed E-state index contributed by atoms with van der Waals surface area (Å²) in [5, 5.41) is 23.6. The maximum absolute atomic E-state index is 2.74. The fourth-order valence-corrected chi connectivity index (χ4v) is 13.9. The molecule has 18 rings (SSSR count). The highest BCUT2D eigenvalue weighted by atomic mass is 15.2. The Labute approximate surface area is 372 Å². The lowest BCUT2D eigenvalue weighted by molar-refractivity contribution is 1.28. The molecule has 0 atom stereocenters. The van der Waals surface area contributed by atoms with Crippen LogP contribution in [-0.2, 0) is 0 Å². The number of benzene rings is 14. The van der Waals surface area contributed by atoms with Gasteiger partial charge in [-0.15, -0.1) is 0 Å². The molecule has 292 valence electrons. The molecule has 0 fully saturated rings. The molecule has 3 heteroatoms. The molecule has 14 aromatic rings. The number of rotatable bonds is 0. The van der Waals surface area contributed by atoms with Gasteiger partial charge in [-0.3, -0.25) is 0 Å². The highest BCUT2D eigenvalue weighted by molar-refractivity contribution is 7.01. The summed E-state index contributed by atoms with van der Waals surface area (Å²) in [5.41, 5.74) is 17.2. The van der Waals surface area contributed by atoms with Crippen molar-refractivity contribution >= 4 is 154 Å². The van der Waals surface area contributed by atoms with Gasteiger partial charge in [0.15, 0.2) is 0 Å². The Kier molecular flexibility index (Phi) is 5.31. The molecule has 0 N–H and O–H groups in total. The van der Waals surface area contributed by atoms with Gasteiger partial charge in [-0.2, -0.15) is 0 Å². The second kappa shape index (κ2) is 10.7. The lowest BCUT2D eigenvalue weighted by atomic mass is 9.32. The van der Waals surface area contributed by atoms with Gasteiger partial charge >= 0.3 is 0 Å². The Morgan fingerprint density at radius 3 is 1.26 bits per heavy atom. The van der Waals surface area contributed by atoms with Gasteiger partial charge in [0.05, 0.1) is 17.1 Å². The first kappa shape index (κ1) is 32.3. The Balaban J connectivity index is 1.10. The van der Waals surface area contributed by atoms with E-state index in [1.807, 2.05) is 0 Å². The third kappa shape index (κ3) is 3.53. The Hall–Kier alpha value is -8.40. The fourth-order valence-electron chi connectivity index (χ4n) is 13.9. The molecular weight excluding hydrogens is 784 g/mol. The van der Waals surface area contributed by atoms with Gasteiger partial charge in [-0.05, 0) is 116 Å². The molecule has 0 unspecified atom stereocenters. The third-order valence-corrected chi connectivity index (χ3v) is 16.2. The molecule has 0 aliphatic carbocycles. The Bertz CT molecular complexity index is 4600. The smallest absolute Gasteiger partial charge is 0.252 e. The molecule has 0 saturated carbocycles. The predicted octanol–water partition coefficient (Wildman–Crippen LogP) is 15.0. The minimum absolute atomic E-state index is 0.0239. The van der Waals surface area contributed by atoms with E-state index in [-0.39, 0.29) is 6.71 Å². The van der Waals surface area contributed by atoms with Crippen molar-refractivity contribution in [3.8, 4) is 22.3 Å². The minimum Gasteiger partial charge on any atom is -0.310 e. The highest BCUT2D eigenvalue weighted by Gasteiger charge is 2.49. The maximum atomic E-state index is 2.74.